The first-order valence-electron chi connectivity index (χ1n) is 6.94. The summed E-state index contributed by atoms with van der Waals surface area (Å²) >= 11 is 0. The smallest absolute Gasteiger partial charge is 0.325 e. The zero-order valence-corrected chi connectivity index (χ0v) is 12.8. The third-order valence-corrected chi connectivity index (χ3v) is 3.45. The fourth-order valence-electron chi connectivity index (χ4n) is 2.02. The van der Waals surface area contributed by atoms with Gasteiger partial charge in [0.25, 0.3) is 0 Å². The van der Waals surface area contributed by atoms with Crippen molar-refractivity contribution in [3.8, 4) is 0 Å². The average Bonchev–Trinajstić information content (AvgIpc) is 2.91. The first kappa shape index (κ1) is 16.6. The standard InChI is InChI=1S/C15H17FN4O3/c1-15(2,10-3-5-11(16)6-4-10)14(23)17-7-12-8-20(19-18-12)9-13(21)22/h3-6,8H,7,9H2,1-2H3,(H,17,23)(H,21,22). The summed E-state index contributed by atoms with van der Waals surface area (Å²) in [6.45, 7) is 3.30. The Labute approximate surface area is 132 Å². The number of nitrogens with one attached hydrogen (secondary N) is 1. The van der Waals surface area contributed by atoms with Crippen molar-refractivity contribution in [1.29, 1.82) is 0 Å². The number of carboxylic acid groups (broad SMARTS) is 1. The maximum Gasteiger partial charge on any atom is 0.325 e. The van der Waals surface area contributed by atoms with Crippen molar-refractivity contribution >= 4 is 11.9 Å². The van der Waals surface area contributed by atoms with Gasteiger partial charge in [0.2, 0.25) is 5.91 Å². The summed E-state index contributed by atoms with van der Waals surface area (Å²) in [5.74, 6) is -1.64. The maximum atomic E-state index is 13.0. The minimum atomic E-state index is -1.03. The molecule has 0 fully saturated rings. The molecular weight excluding hydrogens is 303 g/mol. The number of aliphatic carboxylic acids is 1. The van der Waals surface area contributed by atoms with Gasteiger partial charge in [-0.15, -0.1) is 5.10 Å². The number of rotatable bonds is 6. The van der Waals surface area contributed by atoms with Gasteiger partial charge in [-0.3, -0.25) is 9.59 Å². The lowest BCUT2D eigenvalue weighted by atomic mass is 9.83. The number of benzene rings is 1. The highest BCUT2D eigenvalue weighted by Gasteiger charge is 2.29. The number of halogens is 1. The minimum absolute atomic E-state index is 0.128. The first-order chi connectivity index (χ1) is 10.8. The predicted octanol–water partition coefficient (Wildman–Crippen LogP) is 1.10. The summed E-state index contributed by atoms with van der Waals surface area (Å²) in [6.07, 6.45) is 1.46. The number of hydrogen-bond acceptors (Lipinski definition) is 4. The molecule has 0 saturated heterocycles. The molecular formula is C15H17FN4O3. The van der Waals surface area contributed by atoms with E-state index >= 15 is 0 Å². The minimum Gasteiger partial charge on any atom is -0.480 e. The molecule has 2 rings (SSSR count). The van der Waals surface area contributed by atoms with E-state index in [0.717, 1.165) is 0 Å². The van der Waals surface area contributed by atoms with Crippen molar-refractivity contribution in [1.82, 2.24) is 20.3 Å². The Bertz CT molecular complexity index is 710. The normalized spacial score (nSPS) is 11.3. The molecule has 0 spiro atoms. The van der Waals surface area contributed by atoms with Gasteiger partial charge in [-0.2, -0.15) is 0 Å². The lowest BCUT2D eigenvalue weighted by Gasteiger charge is -2.23. The Morgan fingerprint density at radius 1 is 1.30 bits per heavy atom. The average molecular weight is 320 g/mol. The second-order valence-corrected chi connectivity index (χ2v) is 5.62. The van der Waals surface area contributed by atoms with Gasteiger partial charge < -0.3 is 10.4 Å². The van der Waals surface area contributed by atoms with Crippen LogP contribution in [-0.4, -0.2) is 32.0 Å². The van der Waals surface area contributed by atoms with Crippen LogP contribution < -0.4 is 5.32 Å². The molecule has 0 atom stereocenters. The van der Waals surface area contributed by atoms with E-state index in [2.05, 4.69) is 15.6 Å². The largest absolute Gasteiger partial charge is 0.480 e. The monoisotopic (exact) mass is 320 g/mol. The van der Waals surface area contributed by atoms with Crippen molar-refractivity contribution in [2.24, 2.45) is 0 Å². The molecule has 0 radical (unpaired) electrons. The van der Waals surface area contributed by atoms with Crippen molar-refractivity contribution in [3.63, 3.8) is 0 Å². The fourth-order valence-corrected chi connectivity index (χ4v) is 2.02. The fraction of sp³-hybridized carbons (Fsp3) is 0.333. The molecule has 1 aromatic carbocycles. The van der Waals surface area contributed by atoms with Crippen molar-refractivity contribution in [2.75, 3.05) is 0 Å². The molecule has 0 unspecified atom stereocenters. The van der Waals surface area contributed by atoms with Gasteiger partial charge in [0.1, 0.15) is 18.1 Å². The molecule has 0 aliphatic carbocycles. The SMILES string of the molecule is CC(C)(C(=O)NCc1cn(CC(=O)O)nn1)c1ccc(F)cc1. The van der Waals surface area contributed by atoms with E-state index < -0.39 is 11.4 Å². The molecule has 2 N–H and O–H groups in total. The summed E-state index contributed by atoms with van der Waals surface area (Å²) in [4.78, 5) is 22.9. The van der Waals surface area contributed by atoms with E-state index in [1.807, 2.05) is 0 Å². The van der Waals surface area contributed by atoms with E-state index in [9.17, 15) is 14.0 Å². The van der Waals surface area contributed by atoms with E-state index in [1.165, 1.54) is 23.0 Å². The Balaban J connectivity index is 1.99. The molecule has 122 valence electrons. The van der Waals surface area contributed by atoms with Crippen molar-refractivity contribution < 1.29 is 19.1 Å². The molecule has 0 aliphatic heterocycles. The second kappa shape index (κ2) is 6.55. The molecule has 1 aromatic heterocycles. The van der Waals surface area contributed by atoms with E-state index in [0.29, 0.717) is 11.3 Å². The second-order valence-electron chi connectivity index (χ2n) is 5.62. The summed E-state index contributed by atoms with van der Waals surface area (Å²) in [6, 6.07) is 5.75. The number of carbonyl (C=O) groups is 2. The van der Waals surface area contributed by atoms with Gasteiger partial charge in [-0.25, -0.2) is 9.07 Å². The number of carboxylic acids is 1. The zero-order valence-electron chi connectivity index (χ0n) is 12.8. The predicted molar refractivity (Wildman–Crippen MR) is 78.9 cm³/mol. The van der Waals surface area contributed by atoms with Gasteiger partial charge in [0.05, 0.1) is 18.2 Å². The van der Waals surface area contributed by atoms with Crippen molar-refractivity contribution in [2.45, 2.75) is 32.4 Å². The molecule has 0 saturated carbocycles. The van der Waals surface area contributed by atoms with Crippen LogP contribution in [0.2, 0.25) is 0 Å². The molecule has 0 aliphatic rings. The van der Waals surface area contributed by atoms with Crippen LogP contribution in [0.4, 0.5) is 4.39 Å². The van der Waals surface area contributed by atoms with E-state index in [4.69, 9.17) is 5.11 Å². The third-order valence-electron chi connectivity index (χ3n) is 3.45. The van der Waals surface area contributed by atoms with Crippen LogP contribution in [-0.2, 0) is 28.1 Å². The number of nitrogens with zero attached hydrogens (tertiary/aromatic N) is 3. The highest BCUT2D eigenvalue weighted by molar-refractivity contribution is 5.87. The van der Waals surface area contributed by atoms with Crippen molar-refractivity contribution in [3.05, 3.63) is 47.5 Å². The Morgan fingerprint density at radius 3 is 2.57 bits per heavy atom. The molecule has 1 heterocycles. The highest BCUT2D eigenvalue weighted by atomic mass is 19.1. The topological polar surface area (TPSA) is 97.1 Å². The van der Waals surface area contributed by atoms with Crippen LogP contribution in [0, 0.1) is 5.82 Å². The lowest BCUT2D eigenvalue weighted by molar-refractivity contribution is -0.138. The van der Waals surface area contributed by atoms with Crippen LogP contribution in [0.5, 0.6) is 0 Å². The molecule has 23 heavy (non-hydrogen) atoms. The quantitative estimate of drug-likeness (QED) is 0.830. The van der Waals surface area contributed by atoms with Crippen LogP contribution in [0.3, 0.4) is 0 Å². The van der Waals surface area contributed by atoms with Crippen LogP contribution in [0.25, 0.3) is 0 Å². The van der Waals surface area contributed by atoms with Gasteiger partial charge in [-0.1, -0.05) is 17.3 Å². The van der Waals surface area contributed by atoms with Gasteiger partial charge in [0, 0.05) is 0 Å². The number of carbonyl (C=O) groups excluding carboxylic acids is 1. The van der Waals surface area contributed by atoms with Gasteiger partial charge >= 0.3 is 5.97 Å². The van der Waals surface area contributed by atoms with Gasteiger partial charge in [-0.05, 0) is 31.5 Å². The molecule has 2 aromatic rings. The van der Waals surface area contributed by atoms with E-state index in [1.54, 1.807) is 26.0 Å². The molecule has 0 bridgehead atoms. The van der Waals surface area contributed by atoms with Gasteiger partial charge in [0.15, 0.2) is 0 Å². The maximum absolute atomic E-state index is 13.0. The summed E-state index contributed by atoms with van der Waals surface area (Å²) < 4.78 is 14.2. The Morgan fingerprint density at radius 2 is 1.96 bits per heavy atom. The zero-order chi connectivity index (χ0) is 17.0. The molecule has 1 amide bonds. The summed E-state index contributed by atoms with van der Waals surface area (Å²) in [5, 5.41) is 18.8. The number of hydrogen-bond donors (Lipinski definition) is 2. The Kier molecular flexibility index (Phi) is 4.73. The van der Waals surface area contributed by atoms with Crippen LogP contribution in [0.1, 0.15) is 25.1 Å². The molecule has 7 nitrogen and oxygen atoms in total. The third kappa shape index (κ3) is 4.12. The Hall–Kier alpha value is -2.77. The first-order valence-corrected chi connectivity index (χ1v) is 6.94. The summed E-state index contributed by atoms with van der Waals surface area (Å²) in [5.41, 5.74) is 0.297. The number of aromatic nitrogens is 3. The molecule has 8 heteroatoms. The highest BCUT2D eigenvalue weighted by Crippen LogP contribution is 2.23. The lowest BCUT2D eigenvalue weighted by Crippen LogP contribution is -2.39. The van der Waals surface area contributed by atoms with Crippen LogP contribution >= 0.6 is 0 Å². The van der Waals surface area contributed by atoms with E-state index in [-0.39, 0.29) is 24.8 Å². The number of amides is 1. The van der Waals surface area contributed by atoms with Crippen LogP contribution in [0.15, 0.2) is 30.5 Å². The summed E-state index contributed by atoms with van der Waals surface area (Å²) in [7, 11) is 0.